The Kier molecular flexibility index (Phi) is 5.10. The van der Waals surface area contributed by atoms with E-state index in [1.165, 1.54) is 5.56 Å². The van der Waals surface area contributed by atoms with Crippen LogP contribution >= 0.6 is 0 Å². The lowest BCUT2D eigenvalue weighted by atomic mass is 10.2. The lowest BCUT2D eigenvalue weighted by Crippen LogP contribution is -2.03. The molecule has 1 N–H and O–H groups in total. The molecule has 0 unspecified atom stereocenters. The molecule has 0 bridgehead atoms. The van der Waals surface area contributed by atoms with Crippen molar-refractivity contribution >= 4 is 5.69 Å². The minimum atomic E-state index is 0.672. The molecule has 1 aromatic heterocycles. The number of anilines is 1. The number of furan rings is 1. The number of hydrogen-bond acceptors (Lipinski definition) is 3. The second-order valence-corrected chi connectivity index (χ2v) is 4.92. The lowest BCUT2D eigenvalue weighted by molar-refractivity contribution is 0.318. The molecular formula is C17H23NO2. The number of nitrogens with one attached hydrogen (secondary N) is 1. The summed E-state index contributed by atoms with van der Waals surface area (Å²) in [5, 5.41) is 3.38. The van der Waals surface area contributed by atoms with E-state index in [-0.39, 0.29) is 0 Å². The first-order valence-electron chi connectivity index (χ1n) is 7.27. The molecule has 1 aromatic carbocycles. The second kappa shape index (κ2) is 7.04. The van der Waals surface area contributed by atoms with Crippen LogP contribution in [0.1, 0.15) is 37.4 Å². The van der Waals surface area contributed by atoms with Crippen LogP contribution in [0.4, 0.5) is 5.69 Å². The third-order valence-corrected chi connectivity index (χ3v) is 3.12. The van der Waals surface area contributed by atoms with E-state index in [9.17, 15) is 0 Å². The standard InChI is InChI=1S/C17H23NO2/c1-4-10-19-17-11-13(3)6-9-16(17)18-12-15-8-7-14(5-2)20-15/h6-9,11,18H,4-5,10,12H2,1-3H3. The highest BCUT2D eigenvalue weighted by atomic mass is 16.5. The molecule has 0 atom stereocenters. The Labute approximate surface area is 121 Å². The zero-order valence-corrected chi connectivity index (χ0v) is 12.5. The molecule has 20 heavy (non-hydrogen) atoms. The van der Waals surface area contributed by atoms with Crippen LogP contribution in [-0.2, 0) is 13.0 Å². The van der Waals surface area contributed by atoms with Gasteiger partial charge in [0.15, 0.2) is 0 Å². The van der Waals surface area contributed by atoms with Gasteiger partial charge in [-0.2, -0.15) is 0 Å². The number of benzene rings is 1. The highest BCUT2D eigenvalue weighted by Gasteiger charge is 2.06. The SMILES string of the molecule is CCCOc1cc(C)ccc1NCc1ccc(CC)o1. The largest absolute Gasteiger partial charge is 0.491 e. The number of aryl methyl sites for hydroxylation is 2. The molecule has 0 radical (unpaired) electrons. The maximum atomic E-state index is 5.79. The van der Waals surface area contributed by atoms with Crippen molar-refractivity contribution in [2.45, 2.75) is 40.2 Å². The molecule has 0 saturated carbocycles. The van der Waals surface area contributed by atoms with Crippen molar-refractivity contribution in [3.63, 3.8) is 0 Å². The maximum absolute atomic E-state index is 5.79. The average Bonchev–Trinajstić information content (AvgIpc) is 2.92. The first kappa shape index (κ1) is 14.5. The molecule has 0 saturated heterocycles. The van der Waals surface area contributed by atoms with Crippen LogP contribution in [0.25, 0.3) is 0 Å². The van der Waals surface area contributed by atoms with E-state index in [1.807, 2.05) is 12.1 Å². The summed E-state index contributed by atoms with van der Waals surface area (Å²) >= 11 is 0. The fourth-order valence-electron chi connectivity index (χ4n) is 2.00. The molecule has 0 aliphatic carbocycles. The van der Waals surface area contributed by atoms with Gasteiger partial charge in [0.1, 0.15) is 17.3 Å². The van der Waals surface area contributed by atoms with Crippen LogP contribution in [0.5, 0.6) is 5.75 Å². The molecule has 2 rings (SSSR count). The topological polar surface area (TPSA) is 34.4 Å². The Morgan fingerprint density at radius 2 is 1.90 bits per heavy atom. The fraction of sp³-hybridized carbons (Fsp3) is 0.412. The van der Waals surface area contributed by atoms with E-state index in [0.717, 1.165) is 42.4 Å². The zero-order valence-electron chi connectivity index (χ0n) is 12.5. The van der Waals surface area contributed by atoms with Gasteiger partial charge in [0.25, 0.3) is 0 Å². The monoisotopic (exact) mass is 273 g/mol. The van der Waals surface area contributed by atoms with Crippen LogP contribution < -0.4 is 10.1 Å². The summed E-state index contributed by atoms with van der Waals surface area (Å²) in [4.78, 5) is 0. The van der Waals surface area contributed by atoms with Gasteiger partial charge in [0.2, 0.25) is 0 Å². The van der Waals surface area contributed by atoms with Crippen molar-refractivity contribution in [1.82, 2.24) is 0 Å². The maximum Gasteiger partial charge on any atom is 0.142 e. The molecular weight excluding hydrogens is 250 g/mol. The Bertz CT molecular complexity index is 546. The van der Waals surface area contributed by atoms with E-state index >= 15 is 0 Å². The quantitative estimate of drug-likeness (QED) is 0.803. The molecule has 108 valence electrons. The van der Waals surface area contributed by atoms with Crippen molar-refractivity contribution < 1.29 is 9.15 Å². The summed E-state index contributed by atoms with van der Waals surface area (Å²) in [6.45, 7) is 7.68. The number of hydrogen-bond donors (Lipinski definition) is 1. The number of ether oxygens (including phenoxy) is 1. The van der Waals surface area contributed by atoms with Crippen LogP contribution in [0, 0.1) is 6.92 Å². The third kappa shape index (κ3) is 3.80. The summed E-state index contributed by atoms with van der Waals surface area (Å²) in [6.07, 6.45) is 1.93. The Balaban J connectivity index is 2.04. The van der Waals surface area contributed by atoms with Gasteiger partial charge >= 0.3 is 0 Å². The fourth-order valence-corrected chi connectivity index (χ4v) is 2.00. The van der Waals surface area contributed by atoms with Crippen molar-refractivity contribution in [3.8, 4) is 5.75 Å². The molecule has 3 heteroatoms. The molecule has 0 spiro atoms. The predicted molar refractivity (Wildman–Crippen MR) is 82.4 cm³/mol. The Morgan fingerprint density at radius 3 is 2.60 bits per heavy atom. The molecule has 2 aromatic rings. The molecule has 3 nitrogen and oxygen atoms in total. The van der Waals surface area contributed by atoms with Gasteiger partial charge in [0, 0.05) is 6.42 Å². The average molecular weight is 273 g/mol. The molecule has 0 aliphatic heterocycles. The van der Waals surface area contributed by atoms with Crippen molar-refractivity contribution in [2.24, 2.45) is 0 Å². The van der Waals surface area contributed by atoms with E-state index < -0.39 is 0 Å². The van der Waals surface area contributed by atoms with E-state index in [0.29, 0.717) is 6.54 Å². The van der Waals surface area contributed by atoms with Gasteiger partial charge < -0.3 is 14.5 Å². The normalized spacial score (nSPS) is 10.6. The minimum Gasteiger partial charge on any atom is -0.491 e. The molecule has 0 amide bonds. The lowest BCUT2D eigenvalue weighted by Gasteiger charge is -2.13. The minimum absolute atomic E-state index is 0.672. The first-order valence-corrected chi connectivity index (χ1v) is 7.27. The Hall–Kier alpha value is -1.90. The van der Waals surface area contributed by atoms with E-state index in [4.69, 9.17) is 9.15 Å². The van der Waals surface area contributed by atoms with Crippen LogP contribution in [0.3, 0.4) is 0 Å². The van der Waals surface area contributed by atoms with E-state index in [2.05, 4.69) is 44.3 Å². The summed E-state index contributed by atoms with van der Waals surface area (Å²) < 4.78 is 11.5. The molecule has 0 fully saturated rings. The summed E-state index contributed by atoms with van der Waals surface area (Å²) in [5.74, 6) is 2.88. The first-order chi connectivity index (χ1) is 9.72. The predicted octanol–water partition coefficient (Wildman–Crippen LogP) is 4.55. The van der Waals surface area contributed by atoms with Gasteiger partial charge in [-0.05, 0) is 43.2 Å². The van der Waals surface area contributed by atoms with Gasteiger partial charge in [0.05, 0.1) is 18.8 Å². The van der Waals surface area contributed by atoms with Gasteiger partial charge in [-0.1, -0.05) is 19.9 Å². The van der Waals surface area contributed by atoms with Gasteiger partial charge in [-0.3, -0.25) is 0 Å². The van der Waals surface area contributed by atoms with Crippen LogP contribution in [-0.4, -0.2) is 6.61 Å². The molecule has 0 aliphatic rings. The van der Waals surface area contributed by atoms with Crippen LogP contribution in [0.15, 0.2) is 34.7 Å². The number of rotatable bonds is 7. The highest BCUT2D eigenvalue weighted by molar-refractivity contribution is 5.57. The third-order valence-electron chi connectivity index (χ3n) is 3.12. The van der Waals surface area contributed by atoms with Gasteiger partial charge in [-0.15, -0.1) is 0 Å². The highest BCUT2D eigenvalue weighted by Crippen LogP contribution is 2.26. The molecule has 1 heterocycles. The van der Waals surface area contributed by atoms with Crippen LogP contribution in [0.2, 0.25) is 0 Å². The smallest absolute Gasteiger partial charge is 0.142 e. The summed E-state index contributed by atoms with van der Waals surface area (Å²) in [6, 6.07) is 10.3. The van der Waals surface area contributed by atoms with Crippen molar-refractivity contribution in [3.05, 3.63) is 47.4 Å². The van der Waals surface area contributed by atoms with E-state index in [1.54, 1.807) is 0 Å². The van der Waals surface area contributed by atoms with Crippen molar-refractivity contribution in [2.75, 3.05) is 11.9 Å². The zero-order chi connectivity index (χ0) is 14.4. The summed E-state index contributed by atoms with van der Waals surface area (Å²) in [5.41, 5.74) is 2.21. The van der Waals surface area contributed by atoms with Gasteiger partial charge in [-0.25, -0.2) is 0 Å². The van der Waals surface area contributed by atoms with Crippen molar-refractivity contribution in [1.29, 1.82) is 0 Å². The summed E-state index contributed by atoms with van der Waals surface area (Å²) in [7, 11) is 0. The Morgan fingerprint density at radius 1 is 1.10 bits per heavy atom. The second-order valence-electron chi connectivity index (χ2n) is 4.92.